The van der Waals surface area contributed by atoms with Crippen molar-refractivity contribution in [2.45, 2.75) is 4.90 Å². The van der Waals surface area contributed by atoms with E-state index in [-0.39, 0.29) is 11.4 Å². The molecule has 56 valence electrons. The quantitative estimate of drug-likeness (QED) is 0.545. The summed E-state index contributed by atoms with van der Waals surface area (Å²) in [7, 11) is 0. The van der Waals surface area contributed by atoms with Crippen LogP contribution in [0.4, 0.5) is 11.4 Å². The first-order valence-electron chi connectivity index (χ1n) is 2.77. The van der Waals surface area contributed by atoms with Gasteiger partial charge in [-0.25, -0.2) is 0 Å². The van der Waals surface area contributed by atoms with E-state index >= 15 is 0 Å². The van der Waals surface area contributed by atoms with E-state index in [0.29, 0.717) is 4.90 Å². The summed E-state index contributed by atoms with van der Waals surface area (Å²) >= 11 is 3.95. The van der Waals surface area contributed by atoms with Crippen molar-refractivity contribution >= 4 is 24.0 Å². The molecule has 1 rings (SSSR count). The van der Waals surface area contributed by atoms with Gasteiger partial charge in [0.05, 0.1) is 0 Å². The predicted octanol–water partition coefficient (Wildman–Crippen LogP) is 2.77. The number of hydrogen-bond acceptors (Lipinski definition) is 5. The van der Waals surface area contributed by atoms with Crippen LogP contribution in [0.1, 0.15) is 0 Å². The lowest BCUT2D eigenvalue weighted by Crippen LogP contribution is -1.67. The van der Waals surface area contributed by atoms with Crippen LogP contribution in [0.2, 0.25) is 0 Å². The van der Waals surface area contributed by atoms with Crippen LogP contribution in [-0.4, -0.2) is 0 Å². The Morgan fingerprint density at radius 2 is 1.73 bits per heavy atom. The Morgan fingerprint density at radius 3 is 2.27 bits per heavy atom. The van der Waals surface area contributed by atoms with Crippen LogP contribution in [0.3, 0.4) is 0 Å². The van der Waals surface area contributed by atoms with Crippen molar-refractivity contribution in [2.75, 3.05) is 0 Å². The van der Waals surface area contributed by atoms with Gasteiger partial charge in [-0.15, -0.1) is 22.4 Å². The maximum atomic E-state index is 10.1. The van der Waals surface area contributed by atoms with Gasteiger partial charge in [0.2, 0.25) is 0 Å². The minimum atomic E-state index is 0.0208. The Balaban J connectivity index is 3.26. The van der Waals surface area contributed by atoms with Crippen LogP contribution in [0.25, 0.3) is 0 Å². The third-order valence-electron chi connectivity index (χ3n) is 1.16. The van der Waals surface area contributed by atoms with Crippen molar-refractivity contribution in [1.82, 2.24) is 0 Å². The maximum absolute atomic E-state index is 10.1. The molecule has 0 aliphatic carbocycles. The molecular formula is C6H4N2O2S. The lowest BCUT2D eigenvalue weighted by Gasteiger charge is -1.93. The van der Waals surface area contributed by atoms with Gasteiger partial charge in [0.25, 0.3) is 0 Å². The summed E-state index contributed by atoms with van der Waals surface area (Å²) in [5.41, 5.74) is 0.0605. The Hall–Kier alpha value is -1.23. The number of rotatable bonds is 2. The maximum Gasteiger partial charge on any atom is 0.138 e. The fraction of sp³-hybridized carbons (Fsp3) is 0. The second-order valence-corrected chi connectivity index (χ2v) is 2.37. The zero-order valence-electron chi connectivity index (χ0n) is 5.39. The average Bonchev–Trinajstić information content (AvgIpc) is 2.04. The summed E-state index contributed by atoms with van der Waals surface area (Å²) in [4.78, 5) is 20.7. The second-order valence-electron chi connectivity index (χ2n) is 1.86. The highest BCUT2D eigenvalue weighted by Crippen LogP contribution is 2.29. The topological polar surface area (TPSA) is 58.9 Å². The lowest BCUT2D eigenvalue weighted by atomic mass is 10.3. The molecule has 0 aromatic heterocycles. The molecular weight excluding hydrogens is 164 g/mol. The highest BCUT2D eigenvalue weighted by atomic mass is 32.1. The molecule has 1 aromatic carbocycles. The third kappa shape index (κ3) is 1.62. The molecule has 11 heavy (non-hydrogen) atoms. The van der Waals surface area contributed by atoms with Gasteiger partial charge in [-0.2, -0.15) is 0 Å². The van der Waals surface area contributed by atoms with Crippen LogP contribution in [0, 0.1) is 9.81 Å². The number of hydrogen-bond donors (Lipinski definition) is 1. The summed E-state index contributed by atoms with van der Waals surface area (Å²) in [5, 5.41) is 5.21. The number of nitrogens with zero attached hydrogens (tertiary/aromatic N) is 2. The molecule has 0 saturated heterocycles. The molecule has 0 saturated carbocycles. The van der Waals surface area contributed by atoms with E-state index in [1.54, 1.807) is 6.07 Å². The Morgan fingerprint density at radius 1 is 1.09 bits per heavy atom. The summed E-state index contributed by atoms with van der Waals surface area (Å²) in [5.74, 6) is 0. The van der Waals surface area contributed by atoms with Gasteiger partial charge < -0.3 is 0 Å². The van der Waals surface area contributed by atoms with E-state index in [1.165, 1.54) is 12.1 Å². The molecule has 0 N–H and O–H groups in total. The fourth-order valence-corrected chi connectivity index (χ4v) is 0.859. The zero-order chi connectivity index (χ0) is 8.27. The molecule has 0 spiro atoms. The highest BCUT2D eigenvalue weighted by Gasteiger charge is 2.01. The summed E-state index contributed by atoms with van der Waals surface area (Å²) in [6.45, 7) is 0. The van der Waals surface area contributed by atoms with E-state index < -0.39 is 0 Å². The van der Waals surface area contributed by atoms with Gasteiger partial charge in [0, 0.05) is 4.90 Å². The standard InChI is InChI=1S/C6H4N2O2S/c9-7-5-2-1-4(11)3-6(5)8-10/h1-3,11H. The number of nitroso groups, excluding NO2 is 2. The number of thiol groups is 1. The van der Waals surface area contributed by atoms with Gasteiger partial charge in [0.1, 0.15) is 11.4 Å². The van der Waals surface area contributed by atoms with Crippen molar-refractivity contribution in [3.63, 3.8) is 0 Å². The molecule has 1 aromatic rings. The monoisotopic (exact) mass is 168 g/mol. The van der Waals surface area contributed by atoms with Crippen LogP contribution >= 0.6 is 12.6 Å². The van der Waals surface area contributed by atoms with Crippen molar-refractivity contribution in [3.8, 4) is 0 Å². The van der Waals surface area contributed by atoms with Crippen LogP contribution in [0.15, 0.2) is 33.4 Å². The first kappa shape index (κ1) is 7.87. The van der Waals surface area contributed by atoms with Crippen molar-refractivity contribution < 1.29 is 0 Å². The van der Waals surface area contributed by atoms with E-state index in [1.807, 2.05) is 0 Å². The predicted molar refractivity (Wildman–Crippen MR) is 44.6 cm³/mol. The molecule has 4 nitrogen and oxygen atoms in total. The first-order chi connectivity index (χ1) is 5.27. The third-order valence-corrected chi connectivity index (χ3v) is 1.43. The molecule has 0 atom stereocenters. The Kier molecular flexibility index (Phi) is 2.32. The first-order valence-corrected chi connectivity index (χ1v) is 3.22. The van der Waals surface area contributed by atoms with Crippen LogP contribution in [0.5, 0.6) is 0 Å². The van der Waals surface area contributed by atoms with Gasteiger partial charge >= 0.3 is 0 Å². The van der Waals surface area contributed by atoms with E-state index in [4.69, 9.17) is 0 Å². The van der Waals surface area contributed by atoms with E-state index in [2.05, 4.69) is 23.0 Å². The molecule has 0 fully saturated rings. The summed E-state index contributed by atoms with van der Waals surface area (Å²) in [6.07, 6.45) is 0. The van der Waals surface area contributed by atoms with E-state index in [0.717, 1.165) is 0 Å². The van der Waals surface area contributed by atoms with Gasteiger partial charge in [-0.3, -0.25) is 0 Å². The van der Waals surface area contributed by atoms with Crippen LogP contribution < -0.4 is 0 Å². The second kappa shape index (κ2) is 3.25. The molecule has 5 heteroatoms. The Labute approximate surface area is 68.0 Å². The highest BCUT2D eigenvalue weighted by molar-refractivity contribution is 7.80. The molecule has 0 heterocycles. The fourth-order valence-electron chi connectivity index (χ4n) is 0.662. The minimum absolute atomic E-state index is 0.0208. The minimum Gasteiger partial charge on any atom is -0.145 e. The average molecular weight is 168 g/mol. The molecule has 0 aliphatic heterocycles. The summed E-state index contributed by atoms with van der Waals surface area (Å²) in [6, 6.07) is 4.34. The van der Waals surface area contributed by atoms with Gasteiger partial charge in [0.15, 0.2) is 0 Å². The molecule has 0 radical (unpaired) electrons. The molecule has 0 unspecified atom stereocenters. The molecule has 0 aliphatic rings. The zero-order valence-corrected chi connectivity index (χ0v) is 6.28. The molecule has 0 bridgehead atoms. The van der Waals surface area contributed by atoms with Crippen molar-refractivity contribution in [1.29, 1.82) is 0 Å². The van der Waals surface area contributed by atoms with Crippen molar-refractivity contribution in [2.24, 2.45) is 10.4 Å². The lowest BCUT2D eigenvalue weighted by molar-refractivity contribution is 1.36. The summed E-state index contributed by atoms with van der Waals surface area (Å²) < 4.78 is 0. The SMILES string of the molecule is O=Nc1ccc(S)cc1N=O. The Bertz CT molecular complexity index is 301. The van der Waals surface area contributed by atoms with E-state index in [9.17, 15) is 9.81 Å². The van der Waals surface area contributed by atoms with Gasteiger partial charge in [-0.05, 0) is 28.6 Å². The smallest absolute Gasteiger partial charge is 0.138 e. The van der Waals surface area contributed by atoms with Crippen molar-refractivity contribution in [3.05, 3.63) is 28.0 Å². The normalized spacial score (nSPS) is 9.18. The largest absolute Gasteiger partial charge is 0.145 e. The van der Waals surface area contributed by atoms with Crippen LogP contribution in [-0.2, 0) is 0 Å². The molecule has 0 amide bonds. The number of benzene rings is 1. The van der Waals surface area contributed by atoms with Gasteiger partial charge in [-0.1, -0.05) is 0 Å².